The number of hydrogen-bond acceptors (Lipinski definition) is 3. The lowest BCUT2D eigenvalue weighted by molar-refractivity contribution is -0.155. The first kappa shape index (κ1) is 20.9. The Hall–Kier alpha value is -2.37. The molecule has 156 valence electrons. The molecule has 0 aromatic heterocycles. The summed E-state index contributed by atoms with van der Waals surface area (Å²) in [5.41, 5.74) is 1.00. The summed E-state index contributed by atoms with van der Waals surface area (Å²) in [6.45, 7) is 2.16. The second-order valence-corrected chi connectivity index (χ2v) is 8.93. The predicted octanol–water partition coefficient (Wildman–Crippen LogP) is 4.97. The topological polar surface area (TPSA) is 57.7 Å². The second kappa shape index (κ2) is 8.40. The molecule has 1 aliphatic carbocycles. The van der Waals surface area contributed by atoms with Gasteiger partial charge in [0.05, 0.1) is 29.0 Å². The minimum atomic E-state index is -0.482. The third-order valence-corrected chi connectivity index (χ3v) is 6.57. The van der Waals surface area contributed by atoms with Crippen LogP contribution in [0.4, 0.5) is 0 Å². The molecule has 1 saturated carbocycles. The van der Waals surface area contributed by atoms with E-state index in [1.807, 2.05) is 0 Å². The lowest BCUT2D eigenvalue weighted by Gasteiger charge is -2.31. The Labute approximate surface area is 185 Å². The number of benzene rings is 2. The molecule has 2 aliphatic rings. The molecule has 2 aromatic carbocycles. The zero-order valence-corrected chi connectivity index (χ0v) is 18.1. The molecule has 4 rings (SSSR count). The minimum Gasteiger partial charge on any atom is -0.272 e. The van der Waals surface area contributed by atoms with E-state index in [-0.39, 0.29) is 40.8 Å². The number of carbonyl (C=O) groups excluding carboxylic acids is 3. The summed E-state index contributed by atoms with van der Waals surface area (Å²) >= 11 is 12.2. The van der Waals surface area contributed by atoms with E-state index < -0.39 is 5.91 Å². The highest BCUT2D eigenvalue weighted by Crippen LogP contribution is 2.41. The van der Waals surface area contributed by atoms with Gasteiger partial charge in [-0.05, 0) is 55.0 Å². The van der Waals surface area contributed by atoms with Crippen LogP contribution < -0.4 is 0 Å². The summed E-state index contributed by atoms with van der Waals surface area (Å²) in [6.07, 6.45) is 2.24. The minimum absolute atomic E-state index is 0.0632. The van der Waals surface area contributed by atoms with Gasteiger partial charge in [-0.2, -0.15) is 5.01 Å². The summed E-state index contributed by atoms with van der Waals surface area (Å²) in [7, 11) is 0. The van der Waals surface area contributed by atoms with Gasteiger partial charge < -0.3 is 0 Å². The van der Waals surface area contributed by atoms with Crippen molar-refractivity contribution in [3.63, 3.8) is 0 Å². The number of imide groups is 1. The number of halogens is 2. The number of rotatable bonds is 4. The van der Waals surface area contributed by atoms with Crippen LogP contribution in [0.15, 0.2) is 48.5 Å². The van der Waals surface area contributed by atoms with Crippen molar-refractivity contribution in [3.05, 3.63) is 69.7 Å². The molecule has 2 aromatic rings. The maximum Gasteiger partial charge on any atom is 0.274 e. The SMILES string of the molecule is C[C@@H]1CC[C@@H]2C(=O)N(N(Cc3ccc(Cl)cc3)C(=O)c3ccccc3Cl)C(=O)[C@@H]2C1. The van der Waals surface area contributed by atoms with E-state index >= 15 is 0 Å². The van der Waals surface area contributed by atoms with Gasteiger partial charge in [-0.15, -0.1) is 0 Å². The summed E-state index contributed by atoms with van der Waals surface area (Å²) in [5, 5.41) is 3.14. The van der Waals surface area contributed by atoms with Gasteiger partial charge in [-0.3, -0.25) is 14.4 Å². The third kappa shape index (κ3) is 3.84. The van der Waals surface area contributed by atoms with Crippen LogP contribution in [-0.4, -0.2) is 27.7 Å². The molecule has 1 aliphatic heterocycles. The van der Waals surface area contributed by atoms with Crippen LogP contribution in [-0.2, 0) is 16.1 Å². The van der Waals surface area contributed by atoms with Gasteiger partial charge in [0.15, 0.2) is 0 Å². The molecule has 0 radical (unpaired) electrons. The van der Waals surface area contributed by atoms with E-state index in [9.17, 15) is 14.4 Å². The average Bonchev–Trinajstić information content (AvgIpc) is 2.97. The number of amides is 3. The molecule has 3 amide bonds. The smallest absolute Gasteiger partial charge is 0.272 e. The molecule has 7 heteroatoms. The van der Waals surface area contributed by atoms with Crippen LogP contribution in [0.3, 0.4) is 0 Å². The predicted molar refractivity (Wildman–Crippen MR) is 115 cm³/mol. The molecular formula is C23H22Cl2N2O3. The van der Waals surface area contributed by atoms with Gasteiger partial charge in [0.2, 0.25) is 0 Å². The molecule has 1 saturated heterocycles. The van der Waals surface area contributed by atoms with Gasteiger partial charge in [-0.25, -0.2) is 5.01 Å². The van der Waals surface area contributed by atoms with Gasteiger partial charge in [-0.1, -0.05) is 54.4 Å². The number of carbonyl (C=O) groups is 3. The summed E-state index contributed by atoms with van der Waals surface area (Å²) < 4.78 is 0. The molecule has 1 heterocycles. The number of hydrazine groups is 1. The molecule has 5 nitrogen and oxygen atoms in total. The van der Waals surface area contributed by atoms with Crippen LogP contribution >= 0.6 is 23.2 Å². The quantitative estimate of drug-likeness (QED) is 0.625. The highest BCUT2D eigenvalue weighted by atomic mass is 35.5. The van der Waals surface area contributed by atoms with Gasteiger partial charge in [0.25, 0.3) is 17.7 Å². The van der Waals surface area contributed by atoms with E-state index in [2.05, 4.69) is 6.92 Å². The van der Waals surface area contributed by atoms with E-state index in [1.165, 1.54) is 5.01 Å². The Morgan fingerprint density at radius 1 is 1.00 bits per heavy atom. The van der Waals surface area contributed by atoms with E-state index in [4.69, 9.17) is 23.2 Å². The monoisotopic (exact) mass is 444 g/mol. The van der Waals surface area contributed by atoms with E-state index in [0.29, 0.717) is 23.8 Å². The van der Waals surface area contributed by atoms with Crippen molar-refractivity contribution in [2.24, 2.45) is 17.8 Å². The fourth-order valence-electron chi connectivity index (χ4n) is 4.38. The van der Waals surface area contributed by atoms with Gasteiger partial charge >= 0.3 is 0 Å². The molecule has 0 bridgehead atoms. The van der Waals surface area contributed by atoms with Crippen LogP contribution in [0.2, 0.25) is 10.0 Å². The van der Waals surface area contributed by atoms with Gasteiger partial charge in [0, 0.05) is 5.02 Å². The zero-order chi connectivity index (χ0) is 21.4. The lowest BCUT2D eigenvalue weighted by atomic mass is 9.76. The highest BCUT2D eigenvalue weighted by molar-refractivity contribution is 6.33. The Morgan fingerprint density at radius 3 is 2.37 bits per heavy atom. The van der Waals surface area contributed by atoms with Crippen molar-refractivity contribution in [2.45, 2.75) is 32.7 Å². The summed E-state index contributed by atoms with van der Waals surface area (Å²) in [4.78, 5) is 39.9. The zero-order valence-electron chi connectivity index (χ0n) is 16.6. The molecule has 3 atom stereocenters. The van der Waals surface area contributed by atoms with Crippen molar-refractivity contribution < 1.29 is 14.4 Å². The fourth-order valence-corrected chi connectivity index (χ4v) is 4.72. The normalized spacial score (nSPS) is 23.4. The lowest BCUT2D eigenvalue weighted by Crippen LogP contribution is -2.49. The first-order valence-corrected chi connectivity index (χ1v) is 10.8. The van der Waals surface area contributed by atoms with Crippen LogP contribution in [0.25, 0.3) is 0 Å². The maximum atomic E-state index is 13.5. The van der Waals surface area contributed by atoms with Crippen molar-refractivity contribution in [3.8, 4) is 0 Å². The van der Waals surface area contributed by atoms with Crippen LogP contribution in [0.1, 0.15) is 42.1 Å². The standard InChI is InChI=1S/C23H22Cl2N2O3/c1-14-6-11-17-19(12-14)23(30)27(22(17)29)26(13-15-7-9-16(24)10-8-15)21(28)18-4-2-3-5-20(18)25/h2-5,7-10,14,17,19H,6,11-13H2,1H3/t14-,17+,19-/m1/s1. The van der Waals surface area contributed by atoms with Crippen molar-refractivity contribution in [2.75, 3.05) is 0 Å². The Bertz CT molecular complexity index is 992. The number of fused-ring (bicyclic) bond motifs is 1. The van der Waals surface area contributed by atoms with Gasteiger partial charge in [0.1, 0.15) is 0 Å². The summed E-state index contributed by atoms with van der Waals surface area (Å²) in [6, 6.07) is 13.6. The van der Waals surface area contributed by atoms with E-state index in [1.54, 1.807) is 48.5 Å². The molecule has 0 spiro atoms. The summed E-state index contributed by atoms with van der Waals surface area (Å²) in [5.74, 6) is -1.43. The average molecular weight is 445 g/mol. The maximum absolute atomic E-state index is 13.5. The van der Waals surface area contributed by atoms with E-state index in [0.717, 1.165) is 17.0 Å². The van der Waals surface area contributed by atoms with Crippen molar-refractivity contribution in [1.29, 1.82) is 0 Å². The number of nitrogens with zero attached hydrogens (tertiary/aromatic N) is 2. The Balaban J connectivity index is 1.72. The second-order valence-electron chi connectivity index (χ2n) is 8.09. The van der Waals surface area contributed by atoms with Crippen molar-refractivity contribution >= 4 is 40.9 Å². The third-order valence-electron chi connectivity index (χ3n) is 5.99. The molecule has 0 N–H and O–H groups in total. The Kier molecular flexibility index (Phi) is 5.85. The fraction of sp³-hybridized carbons (Fsp3) is 0.348. The Morgan fingerprint density at radius 2 is 1.67 bits per heavy atom. The largest absolute Gasteiger partial charge is 0.274 e. The molecule has 30 heavy (non-hydrogen) atoms. The molecule has 2 fully saturated rings. The first-order chi connectivity index (χ1) is 14.4. The highest BCUT2D eigenvalue weighted by Gasteiger charge is 2.52. The van der Waals surface area contributed by atoms with Crippen molar-refractivity contribution in [1.82, 2.24) is 10.0 Å². The number of hydrogen-bond donors (Lipinski definition) is 0. The molecule has 0 unspecified atom stereocenters. The molecular weight excluding hydrogens is 423 g/mol. The first-order valence-electron chi connectivity index (χ1n) is 10.1. The van der Waals surface area contributed by atoms with Crippen LogP contribution in [0, 0.1) is 17.8 Å². The van der Waals surface area contributed by atoms with Crippen LogP contribution in [0.5, 0.6) is 0 Å².